The van der Waals surface area contributed by atoms with Gasteiger partial charge in [0.2, 0.25) is 0 Å². The smallest absolute Gasteiger partial charge is 0.251 e. The lowest BCUT2D eigenvalue weighted by molar-refractivity contribution is 0.0900. The zero-order valence-corrected chi connectivity index (χ0v) is 14.5. The molecule has 0 saturated carbocycles. The summed E-state index contributed by atoms with van der Waals surface area (Å²) in [5, 5.41) is 13.5. The Labute approximate surface area is 131 Å². The Morgan fingerprint density at radius 3 is 2.53 bits per heavy atom. The highest BCUT2D eigenvalue weighted by Crippen LogP contribution is 2.26. The fourth-order valence-electron chi connectivity index (χ4n) is 1.73. The molecule has 0 saturated heterocycles. The molecule has 0 aliphatic heterocycles. The molecule has 1 amide bonds. The third kappa shape index (κ3) is 4.80. The maximum absolute atomic E-state index is 12.2. The third-order valence-electron chi connectivity index (χ3n) is 2.96. The van der Waals surface area contributed by atoms with E-state index in [0.717, 1.165) is 11.8 Å². The highest BCUT2D eigenvalue weighted by atomic mass is 79.9. The highest BCUT2D eigenvalue weighted by Gasteiger charge is 2.26. The van der Waals surface area contributed by atoms with Gasteiger partial charge in [-0.15, -0.1) is 0 Å². The maximum Gasteiger partial charge on any atom is 0.251 e. The summed E-state index contributed by atoms with van der Waals surface area (Å²) >= 11 is 6.61. The molecule has 0 spiro atoms. The molecule has 0 fully saturated rings. The number of hydrogen-bond acceptors (Lipinski definition) is 2. The van der Waals surface area contributed by atoms with Crippen LogP contribution in [-0.4, -0.2) is 22.4 Å². The molecule has 0 radical (unpaired) electrons. The number of halogens is 2. The standard InChI is InChI=1S/C14H19Br2NO2/c1-14(2,3)12(6-7-15)17-13(19)9-4-5-10(16)11(18)8-9/h4-5,8,12,18H,6-7H2,1-3H3,(H,17,19). The fourth-order valence-corrected chi connectivity index (χ4v) is 2.43. The number of phenols is 1. The van der Waals surface area contributed by atoms with E-state index in [0.29, 0.717) is 10.0 Å². The minimum atomic E-state index is -0.163. The van der Waals surface area contributed by atoms with Gasteiger partial charge in [-0.3, -0.25) is 4.79 Å². The summed E-state index contributed by atoms with van der Waals surface area (Å²) in [4.78, 5) is 12.2. The zero-order chi connectivity index (χ0) is 14.6. The molecule has 0 aromatic heterocycles. The molecule has 1 unspecified atom stereocenters. The van der Waals surface area contributed by atoms with Crippen LogP contribution in [0.15, 0.2) is 22.7 Å². The van der Waals surface area contributed by atoms with Gasteiger partial charge in [-0.25, -0.2) is 0 Å². The van der Waals surface area contributed by atoms with Gasteiger partial charge in [0, 0.05) is 16.9 Å². The number of benzene rings is 1. The van der Waals surface area contributed by atoms with Gasteiger partial charge >= 0.3 is 0 Å². The van der Waals surface area contributed by atoms with E-state index in [1.54, 1.807) is 12.1 Å². The van der Waals surface area contributed by atoms with E-state index >= 15 is 0 Å². The Morgan fingerprint density at radius 1 is 1.42 bits per heavy atom. The highest BCUT2D eigenvalue weighted by molar-refractivity contribution is 9.10. The molecular formula is C14H19Br2NO2. The largest absolute Gasteiger partial charge is 0.507 e. The maximum atomic E-state index is 12.2. The van der Waals surface area contributed by atoms with Crippen LogP contribution in [0.4, 0.5) is 0 Å². The van der Waals surface area contributed by atoms with Crippen molar-refractivity contribution in [1.82, 2.24) is 5.32 Å². The van der Waals surface area contributed by atoms with Crippen LogP contribution in [-0.2, 0) is 0 Å². The van der Waals surface area contributed by atoms with Crippen LogP contribution in [0.3, 0.4) is 0 Å². The molecule has 19 heavy (non-hydrogen) atoms. The van der Waals surface area contributed by atoms with Crippen LogP contribution in [0.1, 0.15) is 37.6 Å². The van der Waals surface area contributed by atoms with E-state index in [9.17, 15) is 9.90 Å². The van der Waals surface area contributed by atoms with Crippen molar-refractivity contribution in [3.05, 3.63) is 28.2 Å². The van der Waals surface area contributed by atoms with E-state index in [2.05, 4.69) is 57.9 Å². The fraction of sp³-hybridized carbons (Fsp3) is 0.500. The predicted molar refractivity (Wildman–Crippen MR) is 84.9 cm³/mol. The van der Waals surface area contributed by atoms with E-state index in [1.165, 1.54) is 6.07 Å². The summed E-state index contributed by atoms with van der Waals surface area (Å²) in [6.45, 7) is 6.29. The Hall–Kier alpha value is -0.550. The zero-order valence-electron chi connectivity index (χ0n) is 11.3. The van der Waals surface area contributed by atoms with Crippen molar-refractivity contribution in [2.45, 2.75) is 33.2 Å². The Bertz CT molecular complexity index is 455. The number of aromatic hydroxyl groups is 1. The van der Waals surface area contributed by atoms with Crippen LogP contribution >= 0.6 is 31.9 Å². The lowest BCUT2D eigenvalue weighted by Gasteiger charge is -2.31. The normalized spacial score (nSPS) is 13.1. The molecular weight excluding hydrogens is 374 g/mol. The number of rotatable bonds is 4. The minimum absolute atomic E-state index is 0.0131. The lowest BCUT2D eigenvalue weighted by Crippen LogP contribution is -2.44. The first kappa shape index (κ1) is 16.5. The van der Waals surface area contributed by atoms with Crippen LogP contribution in [0.5, 0.6) is 5.75 Å². The topological polar surface area (TPSA) is 49.3 Å². The number of nitrogens with one attached hydrogen (secondary N) is 1. The number of alkyl halides is 1. The van der Waals surface area contributed by atoms with E-state index in [-0.39, 0.29) is 23.1 Å². The van der Waals surface area contributed by atoms with Crippen LogP contribution in [0.25, 0.3) is 0 Å². The molecule has 0 heterocycles. The second-order valence-corrected chi connectivity index (χ2v) is 7.18. The van der Waals surface area contributed by atoms with Crippen LogP contribution in [0, 0.1) is 5.41 Å². The molecule has 1 aromatic rings. The first-order valence-corrected chi connectivity index (χ1v) is 8.02. The first-order chi connectivity index (χ1) is 8.75. The third-order valence-corrected chi connectivity index (χ3v) is 4.09. The van der Waals surface area contributed by atoms with E-state index < -0.39 is 0 Å². The van der Waals surface area contributed by atoms with Gasteiger partial charge in [0.1, 0.15) is 5.75 Å². The Morgan fingerprint density at radius 2 is 2.05 bits per heavy atom. The van der Waals surface area contributed by atoms with Crippen LogP contribution in [0.2, 0.25) is 0 Å². The monoisotopic (exact) mass is 391 g/mol. The molecule has 106 valence electrons. The van der Waals surface area contributed by atoms with Crippen molar-refractivity contribution < 1.29 is 9.90 Å². The molecule has 1 rings (SSSR count). The van der Waals surface area contributed by atoms with E-state index in [4.69, 9.17) is 0 Å². The number of carbonyl (C=O) groups is 1. The summed E-state index contributed by atoms with van der Waals surface area (Å²) in [7, 11) is 0. The second kappa shape index (κ2) is 6.75. The molecule has 1 atom stereocenters. The predicted octanol–water partition coefficient (Wildman–Crippen LogP) is 4.08. The molecule has 0 aliphatic rings. The van der Waals surface area contributed by atoms with Crippen molar-refractivity contribution in [3.8, 4) is 5.75 Å². The summed E-state index contributed by atoms with van der Waals surface area (Å²) in [6, 6.07) is 4.89. The molecule has 0 bridgehead atoms. The number of amides is 1. The molecule has 3 nitrogen and oxygen atoms in total. The van der Waals surface area contributed by atoms with Gasteiger partial charge in [-0.1, -0.05) is 36.7 Å². The van der Waals surface area contributed by atoms with Crippen molar-refractivity contribution >= 4 is 37.8 Å². The molecule has 2 N–H and O–H groups in total. The number of carbonyl (C=O) groups excluding carboxylic acids is 1. The van der Waals surface area contributed by atoms with Crippen LogP contribution < -0.4 is 5.32 Å². The summed E-state index contributed by atoms with van der Waals surface area (Å²) in [5.74, 6) is -0.0934. The average Bonchev–Trinajstić information content (AvgIpc) is 2.30. The average molecular weight is 393 g/mol. The van der Waals surface area contributed by atoms with Crippen molar-refractivity contribution in [3.63, 3.8) is 0 Å². The summed E-state index contributed by atoms with van der Waals surface area (Å²) < 4.78 is 0.580. The molecule has 0 aliphatic carbocycles. The minimum Gasteiger partial charge on any atom is -0.507 e. The summed E-state index contributed by atoms with van der Waals surface area (Å²) in [5.41, 5.74) is 0.449. The van der Waals surface area contributed by atoms with Gasteiger partial charge in [-0.2, -0.15) is 0 Å². The summed E-state index contributed by atoms with van der Waals surface area (Å²) in [6.07, 6.45) is 0.859. The van der Waals surface area contributed by atoms with Gasteiger partial charge < -0.3 is 10.4 Å². The van der Waals surface area contributed by atoms with Gasteiger partial charge in [0.25, 0.3) is 5.91 Å². The Kier molecular flexibility index (Phi) is 5.86. The molecule has 1 aromatic carbocycles. The van der Waals surface area contributed by atoms with E-state index in [1.807, 2.05) is 0 Å². The lowest BCUT2D eigenvalue weighted by atomic mass is 9.85. The van der Waals surface area contributed by atoms with Crippen molar-refractivity contribution in [1.29, 1.82) is 0 Å². The quantitative estimate of drug-likeness (QED) is 0.758. The first-order valence-electron chi connectivity index (χ1n) is 6.11. The Balaban J connectivity index is 2.84. The van der Waals surface area contributed by atoms with Crippen molar-refractivity contribution in [2.24, 2.45) is 5.41 Å². The SMILES string of the molecule is CC(C)(C)C(CCBr)NC(=O)c1ccc(Br)c(O)c1. The number of phenolic OH excluding ortho intramolecular Hbond substituents is 1. The van der Waals surface area contributed by atoms with Gasteiger partial charge in [0.15, 0.2) is 0 Å². The number of hydrogen-bond donors (Lipinski definition) is 2. The molecule has 5 heteroatoms. The van der Waals surface area contributed by atoms with Gasteiger partial charge in [-0.05, 0) is 46.0 Å². The second-order valence-electron chi connectivity index (χ2n) is 5.54. The van der Waals surface area contributed by atoms with Crippen molar-refractivity contribution in [2.75, 3.05) is 5.33 Å². The van der Waals surface area contributed by atoms with Gasteiger partial charge in [0.05, 0.1) is 4.47 Å².